The summed E-state index contributed by atoms with van der Waals surface area (Å²) in [6, 6.07) is 15.5. The van der Waals surface area contributed by atoms with E-state index in [9.17, 15) is 17.6 Å². The Kier molecular flexibility index (Phi) is 4.05. The van der Waals surface area contributed by atoms with Gasteiger partial charge in [-0.3, -0.25) is 0 Å². The standard InChI is InChI=1S/C21H13F4N5/c22-17-7-6-14(21(23,24)25)9-13(17)11-30-18-4-2-1-3-15(18)16-10-12(5-8-19(16)30)20-26-28-29-27-20/h1-10H,11H2,(H,26,27,28,29). The minimum Gasteiger partial charge on any atom is -0.336 e. The maximum atomic E-state index is 14.4. The van der Waals surface area contributed by atoms with Crippen LogP contribution in [0.3, 0.4) is 0 Å². The lowest BCUT2D eigenvalue weighted by Gasteiger charge is -2.12. The van der Waals surface area contributed by atoms with Crippen molar-refractivity contribution in [3.63, 3.8) is 0 Å². The molecule has 1 N–H and O–H groups in total. The monoisotopic (exact) mass is 411 g/mol. The van der Waals surface area contributed by atoms with Crippen molar-refractivity contribution in [3.8, 4) is 11.4 Å². The van der Waals surface area contributed by atoms with Crippen LogP contribution < -0.4 is 0 Å². The molecule has 5 aromatic rings. The summed E-state index contributed by atoms with van der Waals surface area (Å²) in [7, 11) is 0. The number of aromatic nitrogens is 5. The number of H-pyrrole nitrogens is 1. The molecule has 150 valence electrons. The van der Waals surface area contributed by atoms with Crippen LogP contribution in [0, 0.1) is 5.82 Å². The van der Waals surface area contributed by atoms with E-state index in [4.69, 9.17) is 0 Å². The minimum absolute atomic E-state index is 0.0327. The van der Waals surface area contributed by atoms with E-state index in [1.54, 1.807) is 6.07 Å². The normalized spacial score (nSPS) is 12.1. The van der Waals surface area contributed by atoms with E-state index < -0.39 is 17.6 Å². The van der Waals surface area contributed by atoms with Crippen LogP contribution in [0.25, 0.3) is 33.2 Å². The molecule has 9 heteroatoms. The molecule has 0 amide bonds. The van der Waals surface area contributed by atoms with Crippen molar-refractivity contribution in [1.29, 1.82) is 0 Å². The molecule has 3 aromatic carbocycles. The summed E-state index contributed by atoms with van der Waals surface area (Å²) >= 11 is 0. The fourth-order valence-electron chi connectivity index (χ4n) is 3.69. The Morgan fingerprint density at radius 2 is 1.70 bits per heavy atom. The van der Waals surface area contributed by atoms with E-state index in [2.05, 4.69) is 20.6 Å². The largest absolute Gasteiger partial charge is 0.416 e. The number of nitrogens with zero attached hydrogens (tertiary/aromatic N) is 4. The molecule has 0 bridgehead atoms. The van der Waals surface area contributed by atoms with Gasteiger partial charge in [0.15, 0.2) is 0 Å². The summed E-state index contributed by atoms with van der Waals surface area (Å²) in [6.07, 6.45) is -4.54. The summed E-state index contributed by atoms with van der Waals surface area (Å²) in [5, 5.41) is 15.7. The summed E-state index contributed by atoms with van der Waals surface area (Å²) in [6.45, 7) is -0.0404. The molecule has 2 heterocycles. The van der Waals surface area contributed by atoms with Crippen molar-refractivity contribution in [1.82, 2.24) is 25.2 Å². The third-order valence-electron chi connectivity index (χ3n) is 5.08. The molecule has 5 nitrogen and oxygen atoms in total. The van der Waals surface area contributed by atoms with Gasteiger partial charge in [0.05, 0.1) is 12.1 Å². The lowest BCUT2D eigenvalue weighted by Crippen LogP contribution is -2.08. The van der Waals surface area contributed by atoms with Gasteiger partial charge in [-0.05, 0) is 47.7 Å². The summed E-state index contributed by atoms with van der Waals surface area (Å²) in [5.41, 5.74) is 1.38. The highest BCUT2D eigenvalue weighted by Gasteiger charge is 2.31. The lowest BCUT2D eigenvalue weighted by molar-refractivity contribution is -0.137. The summed E-state index contributed by atoms with van der Waals surface area (Å²) < 4.78 is 55.5. The van der Waals surface area contributed by atoms with Crippen LogP contribution in [0.2, 0.25) is 0 Å². The first-order chi connectivity index (χ1) is 14.4. The van der Waals surface area contributed by atoms with E-state index in [-0.39, 0.29) is 12.1 Å². The van der Waals surface area contributed by atoms with Crippen molar-refractivity contribution in [3.05, 3.63) is 77.6 Å². The van der Waals surface area contributed by atoms with E-state index in [1.165, 1.54) is 0 Å². The van der Waals surface area contributed by atoms with Gasteiger partial charge in [0.1, 0.15) is 5.82 Å². The maximum absolute atomic E-state index is 14.4. The fraction of sp³-hybridized carbons (Fsp3) is 0.0952. The van der Waals surface area contributed by atoms with Gasteiger partial charge in [-0.2, -0.15) is 18.4 Å². The molecule has 0 saturated heterocycles. The van der Waals surface area contributed by atoms with E-state index in [0.29, 0.717) is 5.82 Å². The van der Waals surface area contributed by atoms with Crippen LogP contribution in [0.15, 0.2) is 60.7 Å². The van der Waals surface area contributed by atoms with Crippen LogP contribution in [0.4, 0.5) is 17.6 Å². The van der Waals surface area contributed by atoms with Crippen molar-refractivity contribution >= 4 is 21.8 Å². The van der Waals surface area contributed by atoms with Crippen molar-refractivity contribution in [2.75, 3.05) is 0 Å². The van der Waals surface area contributed by atoms with Gasteiger partial charge >= 0.3 is 6.18 Å². The second-order valence-electron chi connectivity index (χ2n) is 6.87. The Morgan fingerprint density at radius 3 is 2.47 bits per heavy atom. The number of tetrazole rings is 1. The molecule has 0 aliphatic heterocycles. The first-order valence-corrected chi connectivity index (χ1v) is 9.02. The SMILES string of the molecule is Fc1ccc(C(F)(F)F)cc1Cn1c2ccccc2c2cc(-c3nn[nH]n3)ccc21. The second kappa shape index (κ2) is 6.65. The second-order valence-corrected chi connectivity index (χ2v) is 6.87. The van der Waals surface area contributed by atoms with Gasteiger partial charge < -0.3 is 4.57 Å². The molecular formula is C21H13F4N5. The highest BCUT2D eigenvalue weighted by atomic mass is 19.4. The van der Waals surface area contributed by atoms with E-state index in [1.807, 2.05) is 41.0 Å². The van der Waals surface area contributed by atoms with Crippen molar-refractivity contribution in [2.45, 2.75) is 12.7 Å². The predicted molar refractivity (Wildman–Crippen MR) is 103 cm³/mol. The number of aromatic amines is 1. The molecule has 0 unspecified atom stereocenters. The zero-order valence-electron chi connectivity index (χ0n) is 15.3. The molecular weight excluding hydrogens is 398 g/mol. The minimum atomic E-state index is -4.54. The van der Waals surface area contributed by atoms with Gasteiger partial charge in [-0.25, -0.2) is 4.39 Å². The van der Waals surface area contributed by atoms with Gasteiger partial charge in [-0.15, -0.1) is 10.2 Å². The third kappa shape index (κ3) is 2.99. The lowest BCUT2D eigenvalue weighted by atomic mass is 10.1. The molecule has 5 rings (SSSR count). The van der Waals surface area contributed by atoms with Crippen LogP contribution in [-0.2, 0) is 12.7 Å². The Balaban J connectivity index is 1.70. The first kappa shape index (κ1) is 18.3. The van der Waals surface area contributed by atoms with E-state index in [0.717, 1.165) is 45.6 Å². The number of alkyl halides is 3. The fourth-order valence-corrected chi connectivity index (χ4v) is 3.69. The molecule has 0 spiro atoms. The maximum Gasteiger partial charge on any atom is 0.416 e. The Labute approximate surface area is 166 Å². The van der Waals surface area contributed by atoms with Crippen LogP contribution in [-0.4, -0.2) is 25.2 Å². The topological polar surface area (TPSA) is 59.4 Å². The number of hydrogen-bond donors (Lipinski definition) is 1. The van der Waals surface area contributed by atoms with Crippen LogP contribution in [0.5, 0.6) is 0 Å². The molecule has 30 heavy (non-hydrogen) atoms. The number of rotatable bonds is 3. The first-order valence-electron chi connectivity index (χ1n) is 9.02. The van der Waals surface area contributed by atoms with E-state index >= 15 is 0 Å². The molecule has 0 atom stereocenters. The quantitative estimate of drug-likeness (QED) is 0.416. The number of halogens is 4. The number of benzene rings is 3. The Morgan fingerprint density at radius 1 is 0.900 bits per heavy atom. The molecule has 0 aliphatic carbocycles. The molecule has 2 aromatic heterocycles. The van der Waals surface area contributed by atoms with Gasteiger partial charge in [-0.1, -0.05) is 18.2 Å². The number of hydrogen-bond acceptors (Lipinski definition) is 3. The molecule has 0 radical (unpaired) electrons. The van der Waals surface area contributed by atoms with Gasteiger partial charge in [0.25, 0.3) is 0 Å². The van der Waals surface area contributed by atoms with Gasteiger partial charge in [0.2, 0.25) is 5.82 Å². The highest BCUT2D eigenvalue weighted by Crippen LogP contribution is 2.34. The predicted octanol–water partition coefficient (Wildman–Crippen LogP) is 5.18. The number of nitrogens with one attached hydrogen (secondary N) is 1. The highest BCUT2D eigenvalue weighted by molar-refractivity contribution is 6.09. The smallest absolute Gasteiger partial charge is 0.336 e. The van der Waals surface area contributed by atoms with Crippen molar-refractivity contribution in [2.24, 2.45) is 0 Å². The number of fused-ring (bicyclic) bond motifs is 3. The average Bonchev–Trinajstić information content (AvgIpc) is 3.36. The zero-order valence-corrected chi connectivity index (χ0v) is 15.3. The van der Waals surface area contributed by atoms with Crippen LogP contribution in [0.1, 0.15) is 11.1 Å². The molecule has 0 saturated carbocycles. The van der Waals surface area contributed by atoms with Crippen LogP contribution >= 0.6 is 0 Å². The Hall–Kier alpha value is -3.75. The zero-order chi connectivity index (χ0) is 20.9. The number of para-hydroxylation sites is 1. The van der Waals surface area contributed by atoms with Gasteiger partial charge in [0, 0.05) is 32.9 Å². The summed E-state index contributed by atoms with van der Waals surface area (Å²) in [4.78, 5) is 0. The third-order valence-corrected chi connectivity index (χ3v) is 5.08. The molecule has 0 aliphatic rings. The molecule has 0 fully saturated rings. The average molecular weight is 411 g/mol. The summed E-state index contributed by atoms with van der Waals surface area (Å²) in [5.74, 6) is -0.255. The van der Waals surface area contributed by atoms with Crippen molar-refractivity contribution < 1.29 is 17.6 Å². The Bertz CT molecular complexity index is 1370.